The number of hydrogen-bond acceptors (Lipinski definition) is 4. The van der Waals surface area contributed by atoms with Crippen molar-refractivity contribution in [3.05, 3.63) is 57.8 Å². The van der Waals surface area contributed by atoms with Crippen LogP contribution in [0.15, 0.2) is 41.8 Å². The van der Waals surface area contributed by atoms with E-state index in [0.717, 1.165) is 23.3 Å². The zero-order valence-corrected chi connectivity index (χ0v) is 15.5. The van der Waals surface area contributed by atoms with Gasteiger partial charge in [0.05, 0.1) is 28.5 Å². The molecule has 134 valence electrons. The lowest BCUT2D eigenvalue weighted by atomic mass is 9.96. The number of likely N-dealkylation sites (tertiary alicyclic amines) is 1. The fourth-order valence-corrected chi connectivity index (χ4v) is 3.88. The van der Waals surface area contributed by atoms with Gasteiger partial charge in [0.1, 0.15) is 0 Å². The Morgan fingerprint density at radius 3 is 2.73 bits per heavy atom. The number of rotatable bonds is 4. The summed E-state index contributed by atoms with van der Waals surface area (Å²) < 4.78 is 0. The molecule has 2 unspecified atom stereocenters. The minimum absolute atomic E-state index is 0.0117. The highest BCUT2D eigenvalue weighted by Gasteiger charge is 2.29. The molecule has 1 N–H and O–H groups in total. The molecule has 1 aliphatic heterocycles. The van der Waals surface area contributed by atoms with Crippen LogP contribution in [-0.2, 0) is 4.79 Å². The Balaban J connectivity index is 1.60. The van der Waals surface area contributed by atoms with E-state index >= 15 is 0 Å². The van der Waals surface area contributed by atoms with Crippen molar-refractivity contribution in [1.82, 2.24) is 10.2 Å². The Bertz CT molecular complexity index is 809. The minimum atomic E-state index is -0.187. The summed E-state index contributed by atoms with van der Waals surface area (Å²) >= 11 is 1.43. The normalized spacial score (nSPS) is 18.0. The average molecular weight is 367 g/mol. The molecular weight excluding hydrogens is 346 g/mol. The Hall–Kier alpha value is -2.65. The van der Waals surface area contributed by atoms with Crippen molar-refractivity contribution in [1.29, 1.82) is 5.26 Å². The number of nitriles is 1. The van der Waals surface area contributed by atoms with Crippen LogP contribution >= 0.6 is 11.3 Å². The Kier molecular flexibility index (Phi) is 5.69. The van der Waals surface area contributed by atoms with Crippen molar-refractivity contribution >= 4 is 23.2 Å². The zero-order chi connectivity index (χ0) is 18.5. The fourth-order valence-electron chi connectivity index (χ4n) is 3.19. The monoisotopic (exact) mass is 367 g/mol. The first-order valence-corrected chi connectivity index (χ1v) is 9.59. The van der Waals surface area contributed by atoms with Crippen LogP contribution in [0.2, 0.25) is 0 Å². The second-order valence-corrected chi connectivity index (χ2v) is 7.48. The van der Waals surface area contributed by atoms with Gasteiger partial charge in [-0.3, -0.25) is 9.59 Å². The number of nitrogens with one attached hydrogen (secondary N) is 1. The number of carbonyl (C=O) groups is 2. The third-order valence-electron chi connectivity index (χ3n) is 4.71. The molecule has 5 nitrogen and oxygen atoms in total. The molecule has 6 heteroatoms. The Morgan fingerprint density at radius 2 is 2.08 bits per heavy atom. The molecule has 2 atom stereocenters. The summed E-state index contributed by atoms with van der Waals surface area (Å²) in [6, 6.07) is 12.9. The molecule has 1 aromatic heterocycles. The largest absolute Gasteiger partial charge is 0.349 e. The van der Waals surface area contributed by atoms with Crippen LogP contribution in [0.4, 0.5) is 0 Å². The topological polar surface area (TPSA) is 73.2 Å². The predicted molar refractivity (Wildman–Crippen MR) is 101 cm³/mol. The van der Waals surface area contributed by atoms with Gasteiger partial charge in [0.25, 0.3) is 5.91 Å². The first kappa shape index (κ1) is 18.2. The number of carbonyl (C=O) groups excluding carboxylic acids is 2. The fraction of sp³-hybridized carbons (Fsp3) is 0.350. The number of piperidine rings is 1. The van der Waals surface area contributed by atoms with Crippen molar-refractivity contribution < 1.29 is 9.59 Å². The molecule has 0 bridgehead atoms. The number of hydrogen-bond donors (Lipinski definition) is 1. The molecule has 2 amide bonds. The van der Waals surface area contributed by atoms with Crippen LogP contribution < -0.4 is 5.32 Å². The van der Waals surface area contributed by atoms with Crippen LogP contribution in [-0.4, -0.2) is 29.8 Å². The smallest absolute Gasteiger partial charge is 0.263 e. The first-order valence-electron chi connectivity index (χ1n) is 8.71. The van der Waals surface area contributed by atoms with Crippen molar-refractivity contribution in [3.8, 4) is 6.07 Å². The van der Waals surface area contributed by atoms with Crippen LogP contribution in [0.25, 0.3) is 0 Å². The summed E-state index contributed by atoms with van der Waals surface area (Å²) in [5.41, 5.74) is 1.56. The molecule has 1 aliphatic rings. The van der Waals surface area contributed by atoms with Gasteiger partial charge in [-0.15, -0.1) is 11.3 Å². The lowest BCUT2D eigenvalue weighted by Crippen LogP contribution is -2.45. The summed E-state index contributed by atoms with van der Waals surface area (Å²) in [5, 5.41) is 13.8. The highest BCUT2D eigenvalue weighted by Crippen LogP contribution is 2.22. The van der Waals surface area contributed by atoms with E-state index in [0.29, 0.717) is 18.7 Å². The molecular formula is C20H21N3O2S. The third-order valence-corrected chi connectivity index (χ3v) is 5.57. The molecule has 3 rings (SSSR count). The van der Waals surface area contributed by atoms with Crippen LogP contribution in [0.1, 0.15) is 46.6 Å². The molecule has 1 saturated heterocycles. The molecule has 26 heavy (non-hydrogen) atoms. The maximum Gasteiger partial charge on any atom is 0.263 e. The Morgan fingerprint density at radius 1 is 1.31 bits per heavy atom. The maximum atomic E-state index is 12.7. The number of thiophene rings is 1. The molecule has 0 radical (unpaired) electrons. The predicted octanol–water partition coefficient (Wildman–Crippen LogP) is 3.35. The molecule has 1 fully saturated rings. The van der Waals surface area contributed by atoms with E-state index in [1.54, 1.807) is 17.0 Å². The summed E-state index contributed by atoms with van der Waals surface area (Å²) in [4.78, 5) is 27.7. The summed E-state index contributed by atoms with van der Waals surface area (Å²) in [6.45, 7) is 3.09. The van der Waals surface area contributed by atoms with Crippen molar-refractivity contribution in [3.63, 3.8) is 0 Å². The van der Waals surface area contributed by atoms with E-state index in [-0.39, 0.29) is 23.8 Å². The van der Waals surface area contributed by atoms with Gasteiger partial charge in [0.15, 0.2) is 0 Å². The van der Waals surface area contributed by atoms with Crippen molar-refractivity contribution in [2.24, 2.45) is 5.92 Å². The number of nitrogens with zero attached hydrogens (tertiary/aromatic N) is 2. The van der Waals surface area contributed by atoms with Crippen LogP contribution in [0, 0.1) is 17.2 Å². The molecule has 2 heterocycles. The van der Waals surface area contributed by atoms with Gasteiger partial charge in [0, 0.05) is 13.1 Å². The maximum absolute atomic E-state index is 12.7. The highest BCUT2D eigenvalue weighted by molar-refractivity contribution is 7.12. The molecule has 0 spiro atoms. The SMILES string of the molecule is CC(NC(=O)C1CCCN(C(=O)c2cccs2)C1)c1ccc(C#N)cc1. The summed E-state index contributed by atoms with van der Waals surface area (Å²) in [7, 11) is 0. The van der Waals surface area contributed by atoms with E-state index in [4.69, 9.17) is 5.26 Å². The van der Waals surface area contributed by atoms with Gasteiger partial charge in [0.2, 0.25) is 5.91 Å². The second kappa shape index (κ2) is 8.15. The molecule has 2 aromatic rings. The molecule has 1 aromatic carbocycles. The van der Waals surface area contributed by atoms with Gasteiger partial charge in [-0.25, -0.2) is 0 Å². The van der Waals surface area contributed by atoms with E-state index in [9.17, 15) is 9.59 Å². The molecule has 0 aliphatic carbocycles. The summed E-state index contributed by atoms with van der Waals surface area (Å²) in [6.07, 6.45) is 1.63. The summed E-state index contributed by atoms with van der Waals surface area (Å²) in [5.74, 6) is -0.198. The van der Waals surface area contributed by atoms with Gasteiger partial charge in [-0.2, -0.15) is 5.26 Å². The van der Waals surface area contributed by atoms with Gasteiger partial charge in [-0.1, -0.05) is 18.2 Å². The third kappa shape index (κ3) is 4.12. The van der Waals surface area contributed by atoms with Crippen molar-refractivity contribution in [2.75, 3.05) is 13.1 Å². The van der Waals surface area contributed by atoms with E-state index in [2.05, 4.69) is 11.4 Å². The van der Waals surface area contributed by atoms with E-state index in [1.807, 2.05) is 36.6 Å². The second-order valence-electron chi connectivity index (χ2n) is 6.53. The van der Waals surface area contributed by atoms with Crippen LogP contribution in [0.5, 0.6) is 0 Å². The minimum Gasteiger partial charge on any atom is -0.349 e. The number of amides is 2. The van der Waals surface area contributed by atoms with Gasteiger partial charge >= 0.3 is 0 Å². The van der Waals surface area contributed by atoms with E-state index < -0.39 is 0 Å². The number of benzene rings is 1. The molecule has 0 saturated carbocycles. The highest BCUT2D eigenvalue weighted by atomic mass is 32.1. The van der Waals surface area contributed by atoms with E-state index in [1.165, 1.54) is 11.3 Å². The lowest BCUT2D eigenvalue weighted by molar-refractivity contribution is -0.127. The van der Waals surface area contributed by atoms with Gasteiger partial charge < -0.3 is 10.2 Å². The zero-order valence-electron chi connectivity index (χ0n) is 14.6. The first-order chi connectivity index (χ1) is 12.6. The lowest BCUT2D eigenvalue weighted by Gasteiger charge is -2.32. The van der Waals surface area contributed by atoms with Gasteiger partial charge in [-0.05, 0) is 48.9 Å². The Labute approximate surface area is 157 Å². The van der Waals surface area contributed by atoms with Crippen LogP contribution in [0.3, 0.4) is 0 Å². The standard InChI is InChI=1S/C20H21N3O2S/c1-14(16-8-6-15(12-21)7-9-16)22-19(24)17-4-2-10-23(13-17)20(25)18-5-3-11-26-18/h3,5-9,11,14,17H,2,4,10,13H2,1H3,(H,22,24). The van der Waals surface area contributed by atoms with Crippen molar-refractivity contribution in [2.45, 2.75) is 25.8 Å². The quantitative estimate of drug-likeness (QED) is 0.901. The average Bonchev–Trinajstić information content (AvgIpc) is 3.22.